The molecule has 0 radical (unpaired) electrons. The smallest absolute Gasteiger partial charge is 0.261 e. The maximum Gasteiger partial charge on any atom is 0.261 e. The van der Waals surface area contributed by atoms with Crippen molar-refractivity contribution in [1.82, 2.24) is 10.2 Å². The molecule has 1 unspecified atom stereocenters. The maximum atomic E-state index is 12.9. The molecule has 2 heterocycles. The number of thiophene rings is 1. The highest BCUT2D eigenvalue weighted by molar-refractivity contribution is 7.07. The van der Waals surface area contributed by atoms with E-state index >= 15 is 0 Å². The minimum Gasteiger partial charge on any atom is -0.484 e. The average Bonchev–Trinajstić information content (AvgIpc) is 3.08. The van der Waals surface area contributed by atoms with Crippen LogP contribution < -0.4 is 10.1 Å². The summed E-state index contributed by atoms with van der Waals surface area (Å²) in [6.07, 6.45) is 3.48. The predicted octanol–water partition coefficient (Wildman–Crippen LogP) is 3.72. The standard InChI is InChI=1S/C20H24N2O2S.ClH/c23-19(14-24-17-4-2-1-3-5-17)22(13-16-6-11-25-15-16)18-12-20(18)7-9-21-10-8-20;/h1-6,11,15,18,21H,7-10,12-14H2;1H. The molecule has 1 amide bonds. The van der Waals surface area contributed by atoms with Crippen LogP contribution in [-0.4, -0.2) is 36.5 Å². The van der Waals surface area contributed by atoms with Crippen LogP contribution in [0.1, 0.15) is 24.8 Å². The number of carbonyl (C=O) groups excluding carboxylic acids is 1. The summed E-state index contributed by atoms with van der Waals surface area (Å²) in [5.41, 5.74) is 1.55. The molecule has 1 aliphatic heterocycles. The maximum absolute atomic E-state index is 12.9. The van der Waals surface area contributed by atoms with Gasteiger partial charge in [0.2, 0.25) is 0 Å². The van der Waals surface area contributed by atoms with Gasteiger partial charge >= 0.3 is 0 Å². The summed E-state index contributed by atoms with van der Waals surface area (Å²) < 4.78 is 5.72. The predicted molar refractivity (Wildman–Crippen MR) is 107 cm³/mol. The van der Waals surface area contributed by atoms with Crippen molar-refractivity contribution >= 4 is 29.7 Å². The molecule has 4 nitrogen and oxygen atoms in total. The first kappa shape index (κ1) is 19.2. The van der Waals surface area contributed by atoms with Crippen molar-refractivity contribution in [2.24, 2.45) is 5.41 Å². The third kappa shape index (κ3) is 4.22. The monoisotopic (exact) mass is 392 g/mol. The van der Waals surface area contributed by atoms with Crippen LogP contribution in [0.4, 0.5) is 0 Å². The van der Waals surface area contributed by atoms with E-state index in [1.165, 1.54) is 18.4 Å². The molecule has 0 bridgehead atoms. The van der Waals surface area contributed by atoms with Crippen LogP contribution in [-0.2, 0) is 11.3 Å². The van der Waals surface area contributed by atoms with Gasteiger partial charge in [0.05, 0.1) is 0 Å². The van der Waals surface area contributed by atoms with Crippen molar-refractivity contribution in [3.05, 3.63) is 52.7 Å². The van der Waals surface area contributed by atoms with Gasteiger partial charge < -0.3 is 15.0 Å². The molecule has 6 heteroatoms. The highest BCUT2D eigenvalue weighted by Gasteiger charge is 2.57. The Morgan fingerprint density at radius 3 is 2.69 bits per heavy atom. The number of amides is 1. The molecule has 1 aromatic carbocycles. The SMILES string of the molecule is Cl.O=C(COc1ccccc1)N(Cc1ccsc1)C1CC12CCNCC2. The van der Waals surface area contributed by atoms with Crippen LogP contribution in [0.25, 0.3) is 0 Å². The van der Waals surface area contributed by atoms with Crippen LogP contribution in [0.15, 0.2) is 47.2 Å². The van der Waals surface area contributed by atoms with Crippen molar-refractivity contribution in [3.8, 4) is 5.75 Å². The van der Waals surface area contributed by atoms with Crippen molar-refractivity contribution < 1.29 is 9.53 Å². The van der Waals surface area contributed by atoms with Crippen LogP contribution in [0.3, 0.4) is 0 Å². The zero-order chi connectivity index (χ0) is 17.1. The molecule has 1 aliphatic carbocycles. The Bertz CT molecular complexity index is 702. The number of benzene rings is 1. The second kappa shape index (κ2) is 8.42. The van der Waals surface area contributed by atoms with Gasteiger partial charge in [-0.15, -0.1) is 12.4 Å². The number of hydrogen-bond acceptors (Lipinski definition) is 4. The molecule has 1 saturated carbocycles. The fraction of sp³-hybridized carbons (Fsp3) is 0.450. The minimum absolute atomic E-state index is 0. The number of para-hydroxylation sites is 1. The van der Waals surface area contributed by atoms with E-state index in [1.54, 1.807) is 11.3 Å². The van der Waals surface area contributed by atoms with Gasteiger partial charge in [-0.05, 0) is 72.3 Å². The molecule has 2 aliphatic rings. The lowest BCUT2D eigenvalue weighted by Gasteiger charge is -2.29. The Balaban J connectivity index is 0.00000196. The lowest BCUT2D eigenvalue weighted by atomic mass is 9.93. The number of rotatable bonds is 6. The largest absolute Gasteiger partial charge is 0.484 e. The van der Waals surface area contributed by atoms with E-state index in [9.17, 15) is 4.79 Å². The quantitative estimate of drug-likeness (QED) is 0.814. The molecule has 26 heavy (non-hydrogen) atoms. The Morgan fingerprint density at radius 1 is 1.23 bits per heavy atom. The summed E-state index contributed by atoms with van der Waals surface area (Å²) in [7, 11) is 0. The first-order chi connectivity index (χ1) is 12.3. The molecular formula is C20H25ClN2O2S. The normalized spacial score (nSPS) is 20.2. The van der Waals surface area contributed by atoms with Crippen molar-refractivity contribution in [2.75, 3.05) is 19.7 Å². The number of nitrogens with one attached hydrogen (secondary N) is 1. The topological polar surface area (TPSA) is 41.6 Å². The summed E-state index contributed by atoms with van der Waals surface area (Å²) in [6.45, 7) is 2.94. The Labute approximate surface area is 165 Å². The molecule has 2 fully saturated rings. The van der Waals surface area contributed by atoms with Gasteiger partial charge in [-0.2, -0.15) is 11.3 Å². The van der Waals surface area contributed by atoms with E-state index < -0.39 is 0 Å². The fourth-order valence-electron chi connectivity index (χ4n) is 3.93. The summed E-state index contributed by atoms with van der Waals surface area (Å²) in [5.74, 6) is 0.842. The summed E-state index contributed by atoms with van der Waals surface area (Å²) in [4.78, 5) is 15.0. The van der Waals surface area contributed by atoms with Crippen molar-refractivity contribution in [2.45, 2.75) is 31.8 Å². The van der Waals surface area contributed by atoms with E-state index in [0.717, 1.165) is 25.3 Å². The van der Waals surface area contributed by atoms with Gasteiger partial charge in [-0.25, -0.2) is 0 Å². The van der Waals surface area contributed by atoms with Gasteiger partial charge in [0.15, 0.2) is 6.61 Å². The molecule has 4 rings (SSSR count). The highest BCUT2D eigenvalue weighted by atomic mass is 35.5. The van der Waals surface area contributed by atoms with Gasteiger partial charge in [0.25, 0.3) is 5.91 Å². The third-order valence-electron chi connectivity index (χ3n) is 5.48. The number of piperidine rings is 1. The number of hydrogen-bond donors (Lipinski definition) is 1. The minimum atomic E-state index is 0. The van der Waals surface area contributed by atoms with Gasteiger partial charge in [-0.3, -0.25) is 4.79 Å². The number of ether oxygens (including phenoxy) is 1. The first-order valence-electron chi connectivity index (χ1n) is 8.96. The number of carbonyl (C=O) groups is 1. The number of nitrogens with zero attached hydrogens (tertiary/aromatic N) is 1. The Hall–Kier alpha value is -1.56. The van der Waals surface area contributed by atoms with Crippen LogP contribution in [0.5, 0.6) is 5.75 Å². The third-order valence-corrected chi connectivity index (χ3v) is 6.21. The fourth-order valence-corrected chi connectivity index (χ4v) is 4.58. The lowest BCUT2D eigenvalue weighted by Crippen LogP contribution is -2.41. The molecule has 1 spiro atoms. The second-order valence-corrected chi connectivity index (χ2v) is 7.87. The molecule has 1 aromatic heterocycles. The van der Waals surface area contributed by atoms with Crippen molar-refractivity contribution in [3.63, 3.8) is 0 Å². The second-order valence-electron chi connectivity index (χ2n) is 7.09. The van der Waals surface area contributed by atoms with Gasteiger partial charge in [0.1, 0.15) is 5.75 Å². The van der Waals surface area contributed by atoms with E-state index in [4.69, 9.17) is 4.74 Å². The molecule has 1 saturated heterocycles. The number of halogens is 1. The van der Waals surface area contributed by atoms with Crippen LogP contribution in [0.2, 0.25) is 0 Å². The Morgan fingerprint density at radius 2 is 2.00 bits per heavy atom. The molecular weight excluding hydrogens is 368 g/mol. The Kier molecular flexibility index (Phi) is 6.22. The van der Waals surface area contributed by atoms with E-state index in [-0.39, 0.29) is 24.9 Å². The molecule has 2 aromatic rings. The van der Waals surface area contributed by atoms with E-state index in [2.05, 4.69) is 27.0 Å². The van der Waals surface area contributed by atoms with Crippen LogP contribution >= 0.6 is 23.7 Å². The molecule has 1 atom stereocenters. The zero-order valence-electron chi connectivity index (χ0n) is 14.7. The summed E-state index contributed by atoms with van der Waals surface area (Å²) >= 11 is 1.68. The van der Waals surface area contributed by atoms with Crippen molar-refractivity contribution in [1.29, 1.82) is 0 Å². The first-order valence-corrected chi connectivity index (χ1v) is 9.90. The van der Waals surface area contributed by atoms with E-state index in [0.29, 0.717) is 18.0 Å². The molecule has 140 valence electrons. The van der Waals surface area contributed by atoms with Gasteiger partial charge in [-0.1, -0.05) is 18.2 Å². The zero-order valence-corrected chi connectivity index (χ0v) is 16.4. The van der Waals surface area contributed by atoms with Crippen LogP contribution in [0, 0.1) is 5.41 Å². The summed E-state index contributed by atoms with van der Waals surface area (Å²) in [6, 6.07) is 12.1. The lowest BCUT2D eigenvalue weighted by molar-refractivity contribution is -0.135. The molecule has 1 N–H and O–H groups in total. The van der Waals surface area contributed by atoms with Gasteiger partial charge in [0, 0.05) is 12.6 Å². The highest BCUT2D eigenvalue weighted by Crippen LogP contribution is 2.56. The summed E-state index contributed by atoms with van der Waals surface area (Å²) in [5, 5.41) is 7.64. The average molecular weight is 393 g/mol. The van der Waals surface area contributed by atoms with E-state index in [1.807, 2.05) is 30.3 Å².